The number of benzene rings is 1. The first-order valence-corrected chi connectivity index (χ1v) is 5.10. The Hall–Kier alpha value is -1.61. The number of halogens is 1. The van der Waals surface area contributed by atoms with Gasteiger partial charge in [0.2, 0.25) is 0 Å². The van der Waals surface area contributed by atoms with Crippen LogP contribution < -0.4 is 5.32 Å². The van der Waals surface area contributed by atoms with Gasteiger partial charge in [-0.05, 0) is 23.8 Å². The highest BCUT2D eigenvalue weighted by Crippen LogP contribution is 2.16. The molecule has 1 N–H and O–H groups in total. The molecule has 0 aliphatic heterocycles. The second-order valence-electron chi connectivity index (χ2n) is 3.05. The van der Waals surface area contributed by atoms with Crippen molar-refractivity contribution in [3.8, 4) is 0 Å². The van der Waals surface area contributed by atoms with Gasteiger partial charge >= 0.3 is 0 Å². The second-order valence-corrected chi connectivity index (χ2v) is 3.32. The van der Waals surface area contributed by atoms with Crippen LogP contribution in [0.25, 0.3) is 0 Å². The first kappa shape index (κ1) is 9.93. The Bertz CT molecular complexity index is 431. The highest BCUT2D eigenvalue weighted by atomic mass is 35.5. The second kappa shape index (κ2) is 4.75. The van der Waals surface area contributed by atoms with E-state index in [2.05, 4.69) is 15.3 Å². The minimum atomic E-state index is 0.513. The van der Waals surface area contributed by atoms with Crippen LogP contribution in [0, 0.1) is 0 Å². The Morgan fingerprint density at radius 3 is 2.93 bits per heavy atom. The molecule has 0 aliphatic rings. The number of hydrogen-bond acceptors (Lipinski definition) is 3. The number of hydrogen-bond donors (Lipinski definition) is 1. The van der Waals surface area contributed by atoms with Gasteiger partial charge < -0.3 is 5.32 Å². The van der Waals surface area contributed by atoms with E-state index in [9.17, 15) is 0 Å². The first-order valence-electron chi connectivity index (χ1n) is 4.56. The van der Waals surface area contributed by atoms with E-state index in [-0.39, 0.29) is 0 Å². The Labute approximate surface area is 93.1 Å². The molecule has 1 heterocycles. The van der Waals surface area contributed by atoms with Gasteiger partial charge in [0, 0.05) is 17.8 Å². The number of nitrogens with zero attached hydrogens (tertiary/aromatic N) is 2. The van der Waals surface area contributed by atoms with Crippen LogP contribution in [0.5, 0.6) is 0 Å². The SMILES string of the molecule is ClCc1cccc(Nc2ccncn2)c1. The number of nitrogens with one attached hydrogen (secondary N) is 1. The predicted molar refractivity (Wildman–Crippen MR) is 61.3 cm³/mol. The topological polar surface area (TPSA) is 37.8 Å². The number of rotatable bonds is 3. The van der Waals surface area contributed by atoms with Crippen LogP contribution in [-0.4, -0.2) is 9.97 Å². The third-order valence-corrected chi connectivity index (χ3v) is 2.24. The van der Waals surface area contributed by atoms with Crippen molar-refractivity contribution >= 4 is 23.1 Å². The lowest BCUT2D eigenvalue weighted by atomic mass is 10.2. The van der Waals surface area contributed by atoms with Gasteiger partial charge in [-0.15, -0.1) is 11.6 Å². The van der Waals surface area contributed by atoms with E-state index < -0.39 is 0 Å². The molecule has 0 saturated heterocycles. The summed E-state index contributed by atoms with van der Waals surface area (Å²) in [4.78, 5) is 7.92. The van der Waals surface area contributed by atoms with E-state index in [1.807, 2.05) is 30.3 Å². The van der Waals surface area contributed by atoms with E-state index in [1.165, 1.54) is 6.33 Å². The van der Waals surface area contributed by atoms with Gasteiger partial charge in [0.15, 0.2) is 0 Å². The van der Waals surface area contributed by atoms with Crippen LogP contribution in [-0.2, 0) is 5.88 Å². The Balaban J connectivity index is 2.17. The predicted octanol–water partition coefficient (Wildman–Crippen LogP) is 2.96. The van der Waals surface area contributed by atoms with Crippen LogP contribution in [0.2, 0.25) is 0 Å². The summed E-state index contributed by atoms with van der Waals surface area (Å²) in [6.45, 7) is 0. The van der Waals surface area contributed by atoms with Gasteiger partial charge in [0.05, 0.1) is 0 Å². The first-order chi connectivity index (χ1) is 7.38. The zero-order valence-electron chi connectivity index (χ0n) is 8.02. The third kappa shape index (κ3) is 2.67. The highest BCUT2D eigenvalue weighted by molar-refractivity contribution is 6.17. The average Bonchev–Trinajstić information content (AvgIpc) is 2.31. The zero-order chi connectivity index (χ0) is 10.5. The molecule has 76 valence electrons. The van der Waals surface area contributed by atoms with Crippen molar-refractivity contribution in [3.05, 3.63) is 48.4 Å². The third-order valence-electron chi connectivity index (χ3n) is 1.94. The Kier molecular flexibility index (Phi) is 3.15. The highest BCUT2D eigenvalue weighted by Gasteiger charge is 1.96. The molecule has 0 atom stereocenters. The molecule has 0 fully saturated rings. The summed E-state index contributed by atoms with van der Waals surface area (Å²) >= 11 is 5.75. The molecule has 0 unspecified atom stereocenters. The van der Waals surface area contributed by atoms with E-state index in [4.69, 9.17) is 11.6 Å². The molecule has 0 aliphatic carbocycles. The molecular formula is C11H10ClN3. The molecule has 2 rings (SSSR count). The van der Waals surface area contributed by atoms with Crippen molar-refractivity contribution < 1.29 is 0 Å². The van der Waals surface area contributed by atoms with Gasteiger partial charge in [0.1, 0.15) is 12.1 Å². The molecule has 0 amide bonds. The molecular weight excluding hydrogens is 210 g/mol. The molecule has 3 nitrogen and oxygen atoms in total. The fourth-order valence-corrected chi connectivity index (χ4v) is 1.41. The van der Waals surface area contributed by atoms with Crippen molar-refractivity contribution in [3.63, 3.8) is 0 Å². The molecule has 0 bridgehead atoms. The summed E-state index contributed by atoms with van der Waals surface area (Å²) < 4.78 is 0. The van der Waals surface area contributed by atoms with Crippen molar-refractivity contribution in [2.24, 2.45) is 0 Å². The molecule has 0 radical (unpaired) electrons. The van der Waals surface area contributed by atoms with Crippen LogP contribution in [0.15, 0.2) is 42.9 Å². The molecule has 0 spiro atoms. The number of aromatic nitrogens is 2. The summed E-state index contributed by atoms with van der Waals surface area (Å²) in [6.07, 6.45) is 3.20. The maximum Gasteiger partial charge on any atom is 0.133 e. The van der Waals surface area contributed by atoms with Crippen molar-refractivity contribution in [2.45, 2.75) is 5.88 Å². The van der Waals surface area contributed by atoms with Gasteiger partial charge in [-0.2, -0.15) is 0 Å². The van der Waals surface area contributed by atoms with Gasteiger partial charge in [-0.1, -0.05) is 12.1 Å². The van der Waals surface area contributed by atoms with Crippen LogP contribution in [0.1, 0.15) is 5.56 Å². The molecule has 0 saturated carbocycles. The standard InChI is InChI=1S/C11H10ClN3/c12-7-9-2-1-3-10(6-9)15-11-4-5-13-8-14-11/h1-6,8H,7H2,(H,13,14,15). The lowest BCUT2D eigenvalue weighted by molar-refractivity contribution is 1.17. The number of alkyl halides is 1. The molecule has 15 heavy (non-hydrogen) atoms. The van der Waals surface area contributed by atoms with Crippen molar-refractivity contribution in [2.75, 3.05) is 5.32 Å². The van der Waals surface area contributed by atoms with Crippen molar-refractivity contribution in [1.82, 2.24) is 9.97 Å². The fraction of sp³-hybridized carbons (Fsp3) is 0.0909. The van der Waals surface area contributed by atoms with E-state index in [1.54, 1.807) is 6.20 Å². The van der Waals surface area contributed by atoms with E-state index in [0.717, 1.165) is 17.1 Å². The molecule has 2 aromatic rings. The van der Waals surface area contributed by atoms with Crippen LogP contribution in [0.4, 0.5) is 11.5 Å². The van der Waals surface area contributed by atoms with E-state index in [0.29, 0.717) is 5.88 Å². The van der Waals surface area contributed by atoms with Gasteiger partial charge in [0.25, 0.3) is 0 Å². The zero-order valence-corrected chi connectivity index (χ0v) is 8.78. The van der Waals surface area contributed by atoms with Crippen molar-refractivity contribution in [1.29, 1.82) is 0 Å². The average molecular weight is 220 g/mol. The largest absolute Gasteiger partial charge is 0.340 e. The van der Waals surface area contributed by atoms with Gasteiger partial charge in [-0.25, -0.2) is 9.97 Å². The molecule has 1 aromatic heterocycles. The maximum atomic E-state index is 5.75. The smallest absolute Gasteiger partial charge is 0.133 e. The minimum Gasteiger partial charge on any atom is -0.340 e. The summed E-state index contributed by atoms with van der Waals surface area (Å²) in [6, 6.07) is 9.72. The van der Waals surface area contributed by atoms with Crippen LogP contribution in [0.3, 0.4) is 0 Å². The van der Waals surface area contributed by atoms with Crippen LogP contribution >= 0.6 is 11.6 Å². The minimum absolute atomic E-state index is 0.513. The fourth-order valence-electron chi connectivity index (χ4n) is 1.24. The van der Waals surface area contributed by atoms with E-state index >= 15 is 0 Å². The lowest BCUT2D eigenvalue weighted by Crippen LogP contribution is -1.93. The summed E-state index contributed by atoms with van der Waals surface area (Å²) in [5.41, 5.74) is 2.06. The summed E-state index contributed by atoms with van der Waals surface area (Å²) in [5.74, 6) is 1.29. The Morgan fingerprint density at radius 1 is 1.27 bits per heavy atom. The molecule has 1 aromatic carbocycles. The monoisotopic (exact) mass is 219 g/mol. The lowest BCUT2D eigenvalue weighted by Gasteiger charge is -2.05. The maximum absolute atomic E-state index is 5.75. The molecule has 4 heteroatoms. The summed E-state index contributed by atoms with van der Waals surface area (Å²) in [7, 11) is 0. The summed E-state index contributed by atoms with van der Waals surface area (Å²) in [5, 5.41) is 3.17. The van der Waals surface area contributed by atoms with Gasteiger partial charge in [-0.3, -0.25) is 0 Å². The number of anilines is 2. The normalized spacial score (nSPS) is 9.93. The quantitative estimate of drug-likeness (QED) is 0.807. The Morgan fingerprint density at radius 2 is 2.20 bits per heavy atom.